The van der Waals surface area contributed by atoms with Crippen LogP contribution in [0.1, 0.15) is 25.3 Å². The predicted molar refractivity (Wildman–Crippen MR) is 73.3 cm³/mol. The molecule has 2 heteroatoms. The monoisotopic (exact) mass is 232 g/mol. The highest BCUT2D eigenvalue weighted by Gasteiger charge is 2.21. The summed E-state index contributed by atoms with van der Waals surface area (Å²) in [4.78, 5) is 2.45. The summed E-state index contributed by atoms with van der Waals surface area (Å²) in [6, 6.07) is 12.2. The van der Waals surface area contributed by atoms with E-state index in [1.54, 1.807) is 0 Å². The zero-order chi connectivity index (χ0) is 12.1. The van der Waals surface area contributed by atoms with Crippen molar-refractivity contribution >= 4 is 0 Å². The van der Waals surface area contributed by atoms with Gasteiger partial charge in [-0.3, -0.25) is 0 Å². The molecule has 1 N–H and O–H groups in total. The molecule has 0 bridgehead atoms. The molecule has 94 valence electrons. The van der Waals surface area contributed by atoms with Crippen molar-refractivity contribution in [1.29, 1.82) is 0 Å². The summed E-state index contributed by atoms with van der Waals surface area (Å²) in [5.41, 5.74) is 1.43. The number of nitrogens with zero attached hydrogens (tertiary/aromatic N) is 1. The second-order valence-corrected chi connectivity index (χ2v) is 5.24. The lowest BCUT2D eigenvalue weighted by molar-refractivity contribution is 0.169. The quantitative estimate of drug-likeness (QED) is 0.857. The van der Waals surface area contributed by atoms with Gasteiger partial charge in [-0.2, -0.15) is 0 Å². The van der Waals surface area contributed by atoms with Crippen molar-refractivity contribution in [3.8, 4) is 0 Å². The number of rotatable bonds is 4. The van der Waals surface area contributed by atoms with Crippen molar-refractivity contribution in [3.05, 3.63) is 35.9 Å². The molecule has 0 spiro atoms. The molecule has 0 radical (unpaired) electrons. The zero-order valence-electron chi connectivity index (χ0n) is 11.0. The lowest BCUT2D eigenvalue weighted by Crippen LogP contribution is -2.46. The van der Waals surface area contributed by atoms with Crippen LogP contribution >= 0.6 is 0 Å². The van der Waals surface area contributed by atoms with Crippen LogP contribution in [0.3, 0.4) is 0 Å². The summed E-state index contributed by atoms with van der Waals surface area (Å²) in [7, 11) is 2.23. The maximum Gasteiger partial charge on any atom is 0.00941 e. The summed E-state index contributed by atoms with van der Waals surface area (Å²) in [6.07, 6.45) is 3.71. The fraction of sp³-hybridized carbons (Fsp3) is 0.600. The highest BCUT2D eigenvalue weighted by Crippen LogP contribution is 2.15. The molecule has 0 amide bonds. The first-order chi connectivity index (χ1) is 8.25. The molecule has 1 fully saturated rings. The third-order valence-electron chi connectivity index (χ3n) is 3.90. The molecule has 1 aromatic rings. The average molecular weight is 232 g/mol. The first-order valence-electron chi connectivity index (χ1n) is 6.73. The van der Waals surface area contributed by atoms with Gasteiger partial charge in [-0.15, -0.1) is 0 Å². The minimum absolute atomic E-state index is 0.713. The Morgan fingerprint density at radius 2 is 2.06 bits per heavy atom. The van der Waals surface area contributed by atoms with Gasteiger partial charge in [0.1, 0.15) is 0 Å². The average Bonchev–Trinajstić information content (AvgIpc) is 2.35. The van der Waals surface area contributed by atoms with E-state index in [0.29, 0.717) is 6.04 Å². The Hall–Kier alpha value is -0.860. The van der Waals surface area contributed by atoms with Crippen molar-refractivity contribution in [3.63, 3.8) is 0 Å². The summed E-state index contributed by atoms with van der Waals surface area (Å²) in [5, 5.41) is 3.69. The standard InChI is InChI=1S/C15H24N2/c1-13-12-15(9-11-17(13)2)16-10-8-14-6-4-3-5-7-14/h3-7,13,15-16H,8-12H2,1-2H3. The van der Waals surface area contributed by atoms with Crippen LogP contribution in [0.15, 0.2) is 30.3 Å². The van der Waals surface area contributed by atoms with E-state index in [4.69, 9.17) is 0 Å². The number of nitrogens with one attached hydrogen (secondary N) is 1. The normalized spacial score (nSPS) is 26.0. The van der Waals surface area contributed by atoms with Crippen LogP contribution in [0.25, 0.3) is 0 Å². The summed E-state index contributed by atoms with van der Waals surface area (Å²) in [5.74, 6) is 0. The molecule has 1 aliphatic heterocycles. The number of piperidine rings is 1. The van der Waals surface area contributed by atoms with Gasteiger partial charge in [-0.05, 0) is 51.9 Å². The van der Waals surface area contributed by atoms with Gasteiger partial charge in [-0.25, -0.2) is 0 Å². The van der Waals surface area contributed by atoms with E-state index < -0.39 is 0 Å². The Kier molecular flexibility index (Phi) is 4.57. The largest absolute Gasteiger partial charge is 0.314 e. The first kappa shape index (κ1) is 12.6. The minimum Gasteiger partial charge on any atom is -0.314 e. The number of hydrogen-bond acceptors (Lipinski definition) is 2. The lowest BCUT2D eigenvalue weighted by atomic mass is 9.99. The molecule has 2 unspecified atom stereocenters. The number of benzene rings is 1. The van der Waals surface area contributed by atoms with E-state index in [2.05, 4.69) is 54.5 Å². The maximum atomic E-state index is 3.69. The van der Waals surface area contributed by atoms with Gasteiger partial charge in [0.2, 0.25) is 0 Å². The van der Waals surface area contributed by atoms with E-state index >= 15 is 0 Å². The van der Waals surface area contributed by atoms with Gasteiger partial charge in [0.05, 0.1) is 0 Å². The van der Waals surface area contributed by atoms with Crippen LogP contribution in [0.2, 0.25) is 0 Å². The van der Waals surface area contributed by atoms with Gasteiger partial charge in [0.25, 0.3) is 0 Å². The minimum atomic E-state index is 0.713. The first-order valence-corrected chi connectivity index (χ1v) is 6.73. The second-order valence-electron chi connectivity index (χ2n) is 5.24. The summed E-state index contributed by atoms with van der Waals surface area (Å²) in [6.45, 7) is 4.65. The topological polar surface area (TPSA) is 15.3 Å². The molecule has 2 rings (SSSR count). The fourth-order valence-corrected chi connectivity index (χ4v) is 2.54. The van der Waals surface area contributed by atoms with E-state index in [9.17, 15) is 0 Å². The molecule has 2 nitrogen and oxygen atoms in total. The highest BCUT2D eigenvalue weighted by atomic mass is 15.1. The molecule has 0 aromatic heterocycles. The van der Waals surface area contributed by atoms with Crippen LogP contribution in [0, 0.1) is 0 Å². The lowest BCUT2D eigenvalue weighted by Gasteiger charge is -2.35. The van der Waals surface area contributed by atoms with Crippen molar-refractivity contribution < 1.29 is 0 Å². The molecule has 1 saturated heterocycles. The Morgan fingerprint density at radius 1 is 1.29 bits per heavy atom. The summed E-state index contributed by atoms with van der Waals surface area (Å²) >= 11 is 0. The van der Waals surface area contributed by atoms with E-state index in [0.717, 1.165) is 19.0 Å². The van der Waals surface area contributed by atoms with Gasteiger partial charge in [0, 0.05) is 12.1 Å². The van der Waals surface area contributed by atoms with Crippen LogP contribution in [-0.2, 0) is 6.42 Å². The Labute approximate surface area is 105 Å². The summed E-state index contributed by atoms with van der Waals surface area (Å²) < 4.78 is 0. The molecule has 17 heavy (non-hydrogen) atoms. The molecule has 1 aliphatic rings. The van der Waals surface area contributed by atoms with Crippen LogP contribution in [0.4, 0.5) is 0 Å². The molecule has 0 saturated carbocycles. The third kappa shape index (κ3) is 3.83. The maximum absolute atomic E-state index is 3.69. The van der Waals surface area contributed by atoms with Gasteiger partial charge < -0.3 is 10.2 Å². The number of likely N-dealkylation sites (tertiary alicyclic amines) is 1. The van der Waals surface area contributed by atoms with Crippen LogP contribution in [-0.4, -0.2) is 37.1 Å². The molecular weight excluding hydrogens is 208 g/mol. The van der Waals surface area contributed by atoms with E-state index in [1.807, 2.05) is 0 Å². The SMILES string of the molecule is CC1CC(NCCc2ccccc2)CCN1C. The van der Waals surface area contributed by atoms with Gasteiger partial charge in [-0.1, -0.05) is 30.3 Å². The fourth-order valence-electron chi connectivity index (χ4n) is 2.54. The van der Waals surface area contributed by atoms with Crippen LogP contribution < -0.4 is 5.32 Å². The third-order valence-corrected chi connectivity index (χ3v) is 3.90. The smallest absolute Gasteiger partial charge is 0.00941 e. The van der Waals surface area contributed by atoms with E-state index in [1.165, 1.54) is 24.9 Å². The van der Waals surface area contributed by atoms with Crippen LogP contribution in [0.5, 0.6) is 0 Å². The molecule has 1 heterocycles. The van der Waals surface area contributed by atoms with E-state index in [-0.39, 0.29) is 0 Å². The Balaban J connectivity index is 1.69. The van der Waals surface area contributed by atoms with Crippen molar-refractivity contribution in [2.45, 2.75) is 38.3 Å². The Bertz CT molecular complexity index is 323. The zero-order valence-corrected chi connectivity index (χ0v) is 11.0. The molecule has 0 aliphatic carbocycles. The molecular formula is C15H24N2. The number of hydrogen-bond donors (Lipinski definition) is 1. The predicted octanol–water partition coefficient (Wildman–Crippen LogP) is 2.30. The molecule has 1 aromatic carbocycles. The van der Waals surface area contributed by atoms with Gasteiger partial charge >= 0.3 is 0 Å². The van der Waals surface area contributed by atoms with Crippen molar-refractivity contribution in [2.75, 3.05) is 20.1 Å². The highest BCUT2D eigenvalue weighted by molar-refractivity contribution is 5.14. The second kappa shape index (κ2) is 6.18. The Morgan fingerprint density at radius 3 is 2.76 bits per heavy atom. The van der Waals surface area contributed by atoms with Crippen molar-refractivity contribution in [1.82, 2.24) is 10.2 Å². The van der Waals surface area contributed by atoms with Crippen molar-refractivity contribution in [2.24, 2.45) is 0 Å². The van der Waals surface area contributed by atoms with Gasteiger partial charge in [0.15, 0.2) is 0 Å². The molecule has 2 atom stereocenters.